The number of aromatic nitrogens is 2. The van der Waals surface area contributed by atoms with Crippen LogP contribution < -0.4 is 5.32 Å². The van der Waals surface area contributed by atoms with Crippen LogP contribution in [0, 0.1) is 11.8 Å². The maximum atomic E-state index is 6.38. The second kappa shape index (κ2) is 6.76. The summed E-state index contributed by atoms with van der Waals surface area (Å²) < 4.78 is 2.05. The molecule has 1 saturated carbocycles. The Hall–Kier alpha value is -0.540. The van der Waals surface area contributed by atoms with Crippen molar-refractivity contribution in [2.24, 2.45) is 11.8 Å². The average Bonchev–Trinajstić information content (AvgIpc) is 3.02. The quantitative estimate of drug-likeness (QED) is 0.854. The van der Waals surface area contributed by atoms with Crippen molar-refractivity contribution in [2.75, 3.05) is 6.54 Å². The van der Waals surface area contributed by atoms with Crippen LogP contribution in [0.1, 0.15) is 58.2 Å². The summed E-state index contributed by atoms with van der Waals surface area (Å²) in [5.41, 5.74) is 1.19. The fourth-order valence-electron chi connectivity index (χ4n) is 3.43. The number of rotatable bonds is 6. The fraction of sp³-hybridized carbons (Fsp3) is 0.800. The summed E-state index contributed by atoms with van der Waals surface area (Å²) in [5.74, 6) is 1.59. The molecule has 108 valence electrons. The topological polar surface area (TPSA) is 29.9 Å². The molecule has 4 heteroatoms. The summed E-state index contributed by atoms with van der Waals surface area (Å²) in [5, 5.41) is 8.85. The van der Waals surface area contributed by atoms with Crippen LogP contribution in [0.2, 0.25) is 5.02 Å². The highest BCUT2D eigenvalue weighted by atomic mass is 35.5. The summed E-state index contributed by atoms with van der Waals surface area (Å²) >= 11 is 6.38. The van der Waals surface area contributed by atoms with E-state index in [9.17, 15) is 0 Å². The van der Waals surface area contributed by atoms with E-state index in [1.165, 1.54) is 31.4 Å². The van der Waals surface area contributed by atoms with E-state index in [2.05, 4.69) is 35.9 Å². The van der Waals surface area contributed by atoms with Crippen LogP contribution in [0.5, 0.6) is 0 Å². The molecule has 1 heterocycles. The monoisotopic (exact) mass is 283 g/mol. The predicted octanol–water partition coefficient (Wildman–Crippen LogP) is 4.03. The summed E-state index contributed by atoms with van der Waals surface area (Å²) in [6, 6.07) is 0.358. The van der Waals surface area contributed by atoms with Crippen molar-refractivity contribution < 1.29 is 0 Å². The second-order valence-electron chi connectivity index (χ2n) is 5.58. The van der Waals surface area contributed by atoms with Crippen molar-refractivity contribution in [2.45, 2.75) is 59.0 Å². The van der Waals surface area contributed by atoms with Gasteiger partial charge >= 0.3 is 0 Å². The third-order valence-corrected chi connectivity index (χ3v) is 4.77. The van der Waals surface area contributed by atoms with Gasteiger partial charge in [-0.3, -0.25) is 4.68 Å². The van der Waals surface area contributed by atoms with E-state index in [1.807, 2.05) is 0 Å². The van der Waals surface area contributed by atoms with Gasteiger partial charge in [0.2, 0.25) is 0 Å². The molecule has 0 bridgehead atoms. The molecule has 1 N–H and O–H groups in total. The first-order valence-electron chi connectivity index (χ1n) is 7.65. The van der Waals surface area contributed by atoms with Crippen molar-refractivity contribution in [3.8, 4) is 0 Å². The van der Waals surface area contributed by atoms with Gasteiger partial charge in [-0.15, -0.1) is 0 Å². The molecule has 0 saturated heterocycles. The highest BCUT2D eigenvalue weighted by Crippen LogP contribution is 2.41. The van der Waals surface area contributed by atoms with Crippen LogP contribution in [0.25, 0.3) is 0 Å². The molecule has 2 rings (SSSR count). The third-order valence-electron chi connectivity index (χ3n) is 4.48. The van der Waals surface area contributed by atoms with E-state index in [1.54, 1.807) is 6.20 Å². The van der Waals surface area contributed by atoms with Gasteiger partial charge in [-0.05, 0) is 38.1 Å². The average molecular weight is 284 g/mol. The van der Waals surface area contributed by atoms with Crippen LogP contribution >= 0.6 is 11.6 Å². The minimum atomic E-state index is 0.358. The molecule has 0 aromatic carbocycles. The molecule has 19 heavy (non-hydrogen) atoms. The molecule has 0 radical (unpaired) electrons. The lowest BCUT2D eigenvalue weighted by molar-refractivity contribution is 0.340. The molecule has 3 atom stereocenters. The van der Waals surface area contributed by atoms with Gasteiger partial charge in [0.25, 0.3) is 0 Å². The van der Waals surface area contributed by atoms with E-state index in [-0.39, 0.29) is 0 Å². The molecule has 3 unspecified atom stereocenters. The van der Waals surface area contributed by atoms with E-state index < -0.39 is 0 Å². The Morgan fingerprint density at radius 2 is 2.21 bits per heavy atom. The van der Waals surface area contributed by atoms with Crippen LogP contribution in [-0.4, -0.2) is 16.3 Å². The summed E-state index contributed by atoms with van der Waals surface area (Å²) in [6.45, 7) is 8.45. The molecule has 0 amide bonds. The van der Waals surface area contributed by atoms with Crippen molar-refractivity contribution in [3.63, 3.8) is 0 Å². The van der Waals surface area contributed by atoms with Crippen molar-refractivity contribution in [3.05, 3.63) is 16.9 Å². The molecule has 1 aliphatic carbocycles. The van der Waals surface area contributed by atoms with Crippen molar-refractivity contribution >= 4 is 11.6 Å². The van der Waals surface area contributed by atoms with E-state index >= 15 is 0 Å². The third kappa shape index (κ3) is 3.14. The number of nitrogens with zero attached hydrogens (tertiary/aromatic N) is 2. The Bertz CT molecular complexity index is 402. The number of halogens is 1. The maximum Gasteiger partial charge on any atom is 0.0834 e. The van der Waals surface area contributed by atoms with Gasteiger partial charge in [-0.1, -0.05) is 38.3 Å². The zero-order valence-electron chi connectivity index (χ0n) is 12.3. The smallest absolute Gasteiger partial charge is 0.0834 e. The molecule has 1 aromatic rings. The fourth-order valence-corrected chi connectivity index (χ4v) is 3.69. The Kier molecular flexibility index (Phi) is 5.28. The Labute approximate surface area is 121 Å². The second-order valence-corrected chi connectivity index (χ2v) is 5.98. The van der Waals surface area contributed by atoms with Crippen molar-refractivity contribution in [1.29, 1.82) is 0 Å². The van der Waals surface area contributed by atoms with Gasteiger partial charge in [0.1, 0.15) is 0 Å². The molecule has 1 fully saturated rings. The van der Waals surface area contributed by atoms with Gasteiger partial charge < -0.3 is 5.32 Å². The van der Waals surface area contributed by atoms with E-state index in [0.29, 0.717) is 12.0 Å². The largest absolute Gasteiger partial charge is 0.309 e. The number of nitrogens with one attached hydrogen (secondary N) is 1. The standard InChI is InChI=1S/C15H26ClN3/c1-4-11-7-8-12(9-11)14(17-5-2)15-13(16)10-18-19(15)6-3/h10-12,14,17H,4-9H2,1-3H3. The molecule has 3 nitrogen and oxygen atoms in total. The number of hydrogen-bond donors (Lipinski definition) is 1. The first kappa shape index (κ1) is 14.9. The van der Waals surface area contributed by atoms with Crippen LogP contribution in [0.3, 0.4) is 0 Å². The Morgan fingerprint density at radius 3 is 2.79 bits per heavy atom. The van der Waals surface area contributed by atoms with Crippen molar-refractivity contribution in [1.82, 2.24) is 15.1 Å². The minimum absolute atomic E-state index is 0.358. The highest BCUT2D eigenvalue weighted by molar-refractivity contribution is 6.31. The summed E-state index contributed by atoms with van der Waals surface area (Å²) in [7, 11) is 0. The van der Waals surface area contributed by atoms with Crippen LogP contribution in [0.4, 0.5) is 0 Å². The van der Waals surface area contributed by atoms with E-state index in [0.717, 1.165) is 24.0 Å². The summed E-state index contributed by atoms with van der Waals surface area (Å²) in [4.78, 5) is 0. The molecule has 0 spiro atoms. The van der Waals surface area contributed by atoms with Gasteiger partial charge in [0, 0.05) is 6.54 Å². The lowest BCUT2D eigenvalue weighted by atomic mass is 9.93. The molecular weight excluding hydrogens is 258 g/mol. The lowest BCUT2D eigenvalue weighted by Gasteiger charge is -2.26. The normalized spacial score (nSPS) is 24.8. The van der Waals surface area contributed by atoms with Gasteiger partial charge in [0.05, 0.1) is 23.0 Å². The SMILES string of the molecule is CCNC(c1c(Cl)cnn1CC)C1CCC(CC)C1. The number of aryl methyl sites for hydroxylation is 1. The Morgan fingerprint density at radius 1 is 1.42 bits per heavy atom. The minimum Gasteiger partial charge on any atom is -0.309 e. The van der Waals surface area contributed by atoms with Gasteiger partial charge in [-0.25, -0.2) is 0 Å². The zero-order valence-corrected chi connectivity index (χ0v) is 13.1. The first-order valence-corrected chi connectivity index (χ1v) is 8.03. The lowest BCUT2D eigenvalue weighted by Crippen LogP contribution is -2.29. The summed E-state index contributed by atoms with van der Waals surface area (Å²) in [6.07, 6.45) is 7.08. The van der Waals surface area contributed by atoms with Crippen LogP contribution in [-0.2, 0) is 6.54 Å². The molecular formula is C15H26ClN3. The first-order chi connectivity index (χ1) is 9.21. The predicted molar refractivity (Wildman–Crippen MR) is 80.5 cm³/mol. The molecule has 1 aromatic heterocycles. The highest BCUT2D eigenvalue weighted by Gasteiger charge is 2.33. The number of hydrogen-bond acceptors (Lipinski definition) is 2. The molecule has 0 aliphatic heterocycles. The maximum absolute atomic E-state index is 6.38. The van der Waals surface area contributed by atoms with Gasteiger partial charge in [-0.2, -0.15) is 5.10 Å². The van der Waals surface area contributed by atoms with Crippen LogP contribution in [0.15, 0.2) is 6.20 Å². The zero-order chi connectivity index (χ0) is 13.8. The van der Waals surface area contributed by atoms with Gasteiger partial charge in [0.15, 0.2) is 0 Å². The Balaban J connectivity index is 2.22. The molecule has 1 aliphatic rings. The van der Waals surface area contributed by atoms with E-state index in [4.69, 9.17) is 11.6 Å².